The second-order valence-corrected chi connectivity index (χ2v) is 1.08. The van der Waals surface area contributed by atoms with Gasteiger partial charge in [-0.3, -0.25) is 0 Å². The first-order chi connectivity index (χ1) is 2.41. The molecule has 35 valence electrons. The fourth-order valence-electron chi connectivity index (χ4n) is 0.158. The van der Waals surface area contributed by atoms with E-state index in [1.165, 1.54) is 0 Å². The van der Waals surface area contributed by atoms with Crippen molar-refractivity contribution in [2.45, 2.75) is 19.8 Å². The van der Waals surface area contributed by atoms with Crippen LogP contribution in [-0.4, -0.2) is 29.1 Å². The van der Waals surface area contributed by atoms with Crippen molar-refractivity contribution in [3.63, 3.8) is 0 Å². The summed E-state index contributed by atoms with van der Waals surface area (Å²) >= 11 is 0. The Bertz CT molecular complexity index is 15.0. The minimum absolute atomic E-state index is 0. The second-order valence-electron chi connectivity index (χ2n) is 1.08. The van der Waals surface area contributed by atoms with E-state index in [1.807, 2.05) is 0 Å². The van der Waals surface area contributed by atoms with Gasteiger partial charge in [0.25, 0.3) is 0 Å². The van der Waals surface area contributed by atoms with Crippen LogP contribution >= 0.6 is 0 Å². The molecule has 0 fully saturated rings. The molecular weight excluding hydrogens is 91.0 g/mol. The Morgan fingerprint density at radius 2 is 2.00 bits per heavy atom. The van der Waals surface area contributed by atoms with Crippen LogP contribution in [0.25, 0.3) is 0 Å². The zero-order chi connectivity index (χ0) is 4.12. The summed E-state index contributed by atoms with van der Waals surface area (Å²) in [4.78, 5) is 0. The Balaban J connectivity index is 0. The van der Waals surface area contributed by atoms with Crippen molar-refractivity contribution in [1.29, 1.82) is 0 Å². The predicted octanol–water partition coefficient (Wildman–Crippen LogP) is 0.398. The second kappa shape index (κ2) is 9.09. The number of aliphatic hydroxyl groups excluding tert-OH is 1. The van der Waals surface area contributed by atoms with Crippen molar-refractivity contribution >= 4 is 17.4 Å². The van der Waals surface area contributed by atoms with Gasteiger partial charge in [-0.1, -0.05) is 13.3 Å². The lowest BCUT2D eigenvalue weighted by molar-refractivity contribution is 0.287. The van der Waals surface area contributed by atoms with Crippen LogP contribution in [0.2, 0.25) is 0 Å². The first kappa shape index (κ1) is 9.70. The van der Waals surface area contributed by atoms with Crippen molar-refractivity contribution < 1.29 is 5.11 Å². The van der Waals surface area contributed by atoms with Gasteiger partial charge in [-0.25, -0.2) is 0 Å². The molecule has 6 heavy (non-hydrogen) atoms. The lowest BCUT2D eigenvalue weighted by atomic mass is 10.4. The topological polar surface area (TPSA) is 20.2 Å². The van der Waals surface area contributed by atoms with E-state index in [4.69, 9.17) is 5.11 Å². The van der Waals surface area contributed by atoms with E-state index >= 15 is 0 Å². The minimum Gasteiger partial charge on any atom is -0.396 e. The highest BCUT2D eigenvalue weighted by molar-refractivity contribution is 5.75. The molecule has 0 saturated heterocycles. The van der Waals surface area contributed by atoms with E-state index in [-0.39, 0.29) is 17.4 Å². The fraction of sp³-hybridized carbons (Fsp3) is 1.00. The van der Waals surface area contributed by atoms with E-state index in [9.17, 15) is 0 Å². The molecule has 1 N–H and O–H groups in total. The van der Waals surface area contributed by atoms with E-state index in [1.54, 1.807) is 0 Å². The number of hydrogen-bond donors (Lipinski definition) is 1. The summed E-state index contributed by atoms with van der Waals surface area (Å²) in [5.74, 6) is 0. The molecular formula is C4H10AlO. The third-order valence-electron chi connectivity index (χ3n) is 0.512. The molecule has 0 aliphatic rings. The van der Waals surface area contributed by atoms with E-state index in [0.717, 1.165) is 12.8 Å². The van der Waals surface area contributed by atoms with Crippen LogP contribution in [0.4, 0.5) is 0 Å². The minimum atomic E-state index is 0. The van der Waals surface area contributed by atoms with Gasteiger partial charge in [0.1, 0.15) is 0 Å². The molecule has 0 bridgehead atoms. The maximum atomic E-state index is 8.07. The lowest BCUT2D eigenvalue weighted by Gasteiger charge is -1.79. The Kier molecular flexibility index (Phi) is 14.7. The summed E-state index contributed by atoms with van der Waals surface area (Å²) in [5.41, 5.74) is 0. The Labute approximate surface area is 49.5 Å². The lowest BCUT2D eigenvalue weighted by Crippen LogP contribution is -1.75. The molecule has 0 aliphatic carbocycles. The molecule has 1 nitrogen and oxygen atoms in total. The summed E-state index contributed by atoms with van der Waals surface area (Å²) in [6.07, 6.45) is 2.04. The molecule has 0 atom stereocenters. The van der Waals surface area contributed by atoms with Gasteiger partial charge < -0.3 is 5.11 Å². The smallest absolute Gasteiger partial charge is 0.0430 e. The molecule has 3 radical (unpaired) electrons. The van der Waals surface area contributed by atoms with Crippen LogP contribution in [0.3, 0.4) is 0 Å². The third-order valence-corrected chi connectivity index (χ3v) is 0.512. The zero-order valence-electron chi connectivity index (χ0n) is 4.15. The average Bonchev–Trinajstić information content (AvgIpc) is 1.41. The largest absolute Gasteiger partial charge is 0.396 e. The van der Waals surface area contributed by atoms with Gasteiger partial charge in [-0.2, -0.15) is 0 Å². The van der Waals surface area contributed by atoms with Gasteiger partial charge in [-0.15, -0.1) is 0 Å². The highest BCUT2D eigenvalue weighted by Gasteiger charge is 1.69. The standard InChI is InChI=1S/C4H10O.Al/c1-2-3-4-5;/h5H,2-4H2,1H3;. The molecule has 0 aromatic carbocycles. The zero-order valence-corrected chi connectivity index (χ0v) is 5.30. The number of unbranched alkanes of at least 4 members (excludes halogenated alkanes) is 1. The predicted molar refractivity (Wildman–Crippen MR) is 27.7 cm³/mol. The monoisotopic (exact) mass is 101 g/mol. The molecule has 0 aromatic heterocycles. The van der Waals surface area contributed by atoms with Crippen LogP contribution < -0.4 is 0 Å². The molecule has 0 heterocycles. The summed E-state index contributed by atoms with van der Waals surface area (Å²) < 4.78 is 0. The van der Waals surface area contributed by atoms with E-state index in [0.29, 0.717) is 6.61 Å². The fourth-order valence-corrected chi connectivity index (χ4v) is 0.158. The Morgan fingerprint density at radius 3 is 2.00 bits per heavy atom. The molecule has 0 spiro atoms. The average molecular weight is 101 g/mol. The van der Waals surface area contributed by atoms with Gasteiger partial charge in [0.05, 0.1) is 0 Å². The Hall–Kier alpha value is 0.492. The molecule has 0 saturated carbocycles. The van der Waals surface area contributed by atoms with Crippen molar-refractivity contribution in [1.82, 2.24) is 0 Å². The van der Waals surface area contributed by atoms with Gasteiger partial charge in [0, 0.05) is 24.0 Å². The van der Waals surface area contributed by atoms with Crippen LogP contribution in [-0.2, 0) is 0 Å². The quantitative estimate of drug-likeness (QED) is 0.499. The molecule has 0 unspecified atom stereocenters. The first-order valence-corrected chi connectivity index (χ1v) is 2.02. The van der Waals surface area contributed by atoms with E-state index in [2.05, 4.69) is 6.92 Å². The Morgan fingerprint density at radius 1 is 1.50 bits per heavy atom. The highest BCUT2D eigenvalue weighted by atomic mass is 27.0. The molecule has 0 aliphatic heterocycles. The number of aliphatic hydroxyl groups is 1. The summed E-state index contributed by atoms with van der Waals surface area (Å²) in [6.45, 7) is 2.40. The van der Waals surface area contributed by atoms with Crippen molar-refractivity contribution in [2.24, 2.45) is 0 Å². The van der Waals surface area contributed by atoms with Gasteiger partial charge >= 0.3 is 0 Å². The highest BCUT2D eigenvalue weighted by Crippen LogP contribution is 1.78. The van der Waals surface area contributed by atoms with Crippen molar-refractivity contribution in [3.8, 4) is 0 Å². The summed E-state index contributed by atoms with van der Waals surface area (Å²) in [7, 11) is 0. The maximum absolute atomic E-state index is 8.07. The van der Waals surface area contributed by atoms with Gasteiger partial charge in [-0.05, 0) is 6.42 Å². The van der Waals surface area contributed by atoms with Gasteiger partial charge in [0.2, 0.25) is 0 Å². The third kappa shape index (κ3) is 8.82. The van der Waals surface area contributed by atoms with Crippen molar-refractivity contribution in [3.05, 3.63) is 0 Å². The number of hydrogen-bond acceptors (Lipinski definition) is 1. The summed E-state index contributed by atoms with van der Waals surface area (Å²) in [6, 6.07) is 0. The van der Waals surface area contributed by atoms with Crippen LogP contribution in [0.5, 0.6) is 0 Å². The molecule has 2 heteroatoms. The normalized spacial score (nSPS) is 7.00. The molecule has 0 aromatic rings. The number of rotatable bonds is 2. The SMILES string of the molecule is CCCCO.[Al]. The van der Waals surface area contributed by atoms with E-state index < -0.39 is 0 Å². The summed E-state index contributed by atoms with van der Waals surface area (Å²) in [5, 5.41) is 8.07. The van der Waals surface area contributed by atoms with Crippen molar-refractivity contribution in [2.75, 3.05) is 6.61 Å². The maximum Gasteiger partial charge on any atom is 0.0430 e. The first-order valence-electron chi connectivity index (χ1n) is 2.02. The molecule has 0 rings (SSSR count). The van der Waals surface area contributed by atoms with Crippen LogP contribution in [0.1, 0.15) is 19.8 Å². The van der Waals surface area contributed by atoms with Gasteiger partial charge in [0.15, 0.2) is 0 Å². The van der Waals surface area contributed by atoms with Crippen LogP contribution in [0, 0.1) is 0 Å². The van der Waals surface area contributed by atoms with Crippen LogP contribution in [0.15, 0.2) is 0 Å². The molecule has 0 amide bonds.